The van der Waals surface area contributed by atoms with Crippen molar-refractivity contribution in [1.29, 1.82) is 0 Å². The summed E-state index contributed by atoms with van der Waals surface area (Å²) in [4.78, 5) is 27.7. The first-order chi connectivity index (χ1) is 15.1. The quantitative estimate of drug-likeness (QED) is 0.520. The summed E-state index contributed by atoms with van der Waals surface area (Å²) >= 11 is 0. The molecule has 0 bridgehead atoms. The Hall–Kier alpha value is -4.14. The SMILES string of the molecule is O=C(Nc1cc(-c2cn(-c3ccc(=O)[nH]n3)nc2-c2ccccc2F)ccn1)C1CC1. The highest BCUT2D eigenvalue weighted by atomic mass is 19.1. The van der Waals surface area contributed by atoms with Gasteiger partial charge in [0.15, 0.2) is 5.82 Å². The van der Waals surface area contributed by atoms with Crippen molar-refractivity contribution >= 4 is 11.7 Å². The van der Waals surface area contributed by atoms with Crippen LogP contribution in [0.1, 0.15) is 12.8 Å². The molecule has 1 aliphatic carbocycles. The second-order valence-electron chi connectivity index (χ2n) is 7.29. The minimum Gasteiger partial charge on any atom is -0.310 e. The van der Waals surface area contributed by atoms with Gasteiger partial charge in [0.05, 0.1) is 0 Å². The molecule has 0 atom stereocenters. The van der Waals surface area contributed by atoms with E-state index in [1.165, 1.54) is 22.9 Å². The lowest BCUT2D eigenvalue weighted by atomic mass is 10.0. The molecule has 0 spiro atoms. The molecule has 3 heterocycles. The topological polar surface area (TPSA) is 106 Å². The lowest BCUT2D eigenvalue weighted by molar-refractivity contribution is -0.117. The maximum Gasteiger partial charge on any atom is 0.264 e. The van der Waals surface area contributed by atoms with E-state index in [1.54, 1.807) is 42.7 Å². The maximum absolute atomic E-state index is 14.6. The van der Waals surface area contributed by atoms with Crippen molar-refractivity contribution in [2.75, 3.05) is 5.32 Å². The molecule has 9 heteroatoms. The Labute approximate surface area is 175 Å². The van der Waals surface area contributed by atoms with Gasteiger partial charge in [-0.3, -0.25) is 9.59 Å². The fraction of sp³-hybridized carbons (Fsp3) is 0.136. The van der Waals surface area contributed by atoms with Crippen LogP contribution in [0.15, 0.2) is 65.7 Å². The van der Waals surface area contributed by atoms with Gasteiger partial charge in [-0.05, 0) is 48.7 Å². The van der Waals surface area contributed by atoms with E-state index in [0.717, 1.165) is 12.8 Å². The summed E-state index contributed by atoms with van der Waals surface area (Å²) in [5, 5.41) is 13.7. The predicted octanol–water partition coefficient (Wildman–Crippen LogP) is 3.17. The number of carbonyl (C=O) groups excluding carboxylic acids is 1. The van der Waals surface area contributed by atoms with Crippen molar-refractivity contribution < 1.29 is 9.18 Å². The number of H-pyrrole nitrogens is 1. The zero-order valence-electron chi connectivity index (χ0n) is 16.2. The van der Waals surface area contributed by atoms with E-state index in [0.29, 0.717) is 34.0 Å². The molecule has 1 amide bonds. The largest absolute Gasteiger partial charge is 0.310 e. The number of pyridine rings is 1. The third-order valence-corrected chi connectivity index (χ3v) is 5.01. The lowest BCUT2D eigenvalue weighted by Gasteiger charge is -2.07. The summed E-state index contributed by atoms with van der Waals surface area (Å²) in [5.74, 6) is 0.379. The van der Waals surface area contributed by atoms with Crippen LogP contribution in [0.3, 0.4) is 0 Å². The Morgan fingerprint density at radius 2 is 1.97 bits per heavy atom. The number of anilines is 1. The number of aromatic amines is 1. The minimum absolute atomic E-state index is 0.0490. The second kappa shape index (κ2) is 7.60. The molecule has 0 aliphatic heterocycles. The molecule has 1 saturated carbocycles. The van der Waals surface area contributed by atoms with Crippen molar-refractivity contribution in [3.8, 4) is 28.2 Å². The zero-order chi connectivity index (χ0) is 21.4. The molecule has 0 saturated heterocycles. The fourth-order valence-electron chi connectivity index (χ4n) is 3.26. The summed E-state index contributed by atoms with van der Waals surface area (Å²) in [6.45, 7) is 0. The maximum atomic E-state index is 14.6. The van der Waals surface area contributed by atoms with E-state index in [9.17, 15) is 14.0 Å². The van der Waals surface area contributed by atoms with Gasteiger partial charge in [0.1, 0.15) is 17.3 Å². The zero-order valence-corrected chi connectivity index (χ0v) is 16.2. The van der Waals surface area contributed by atoms with Crippen molar-refractivity contribution in [2.24, 2.45) is 5.92 Å². The number of carbonyl (C=O) groups is 1. The summed E-state index contributed by atoms with van der Waals surface area (Å²) < 4.78 is 16.1. The molecule has 2 N–H and O–H groups in total. The molecule has 0 unspecified atom stereocenters. The number of hydrogen-bond acceptors (Lipinski definition) is 5. The molecule has 1 aromatic carbocycles. The highest BCUT2D eigenvalue weighted by molar-refractivity contribution is 5.94. The van der Waals surface area contributed by atoms with Gasteiger partial charge in [-0.2, -0.15) is 10.2 Å². The highest BCUT2D eigenvalue weighted by Gasteiger charge is 2.30. The molecular weight excluding hydrogens is 399 g/mol. The summed E-state index contributed by atoms with van der Waals surface area (Å²) in [6, 6.07) is 12.7. The van der Waals surface area contributed by atoms with E-state index in [1.807, 2.05) is 0 Å². The average molecular weight is 416 g/mol. The van der Waals surface area contributed by atoms with E-state index >= 15 is 0 Å². The molecule has 31 heavy (non-hydrogen) atoms. The predicted molar refractivity (Wildman–Crippen MR) is 112 cm³/mol. The highest BCUT2D eigenvalue weighted by Crippen LogP contribution is 2.34. The summed E-state index contributed by atoms with van der Waals surface area (Å²) in [6.07, 6.45) is 5.06. The Bertz CT molecular complexity index is 1320. The Balaban J connectivity index is 1.61. The molecule has 1 fully saturated rings. The molecule has 4 aromatic rings. The van der Waals surface area contributed by atoms with Crippen molar-refractivity contribution in [3.63, 3.8) is 0 Å². The number of rotatable bonds is 5. The minimum atomic E-state index is -0.417. The van der Waals surface area contributed by atoms with Crippen LogP contribution >= 0.6 is 0 Å². The van der Waals surface area contributed by atoms with Gasteiger partial charge in [0.25, 0.3) is 5.56 Å². The molecule has 154 valence electrons. The third kappa shape index (κ3) is 3.85. The smallest absolute Gasteiger partial charge is 0.264 e. The second-order valence-corrected chi connectivity index (χ2v) is 7.29. The van der Waals surface area contributed by atoms with Crippen LogP contribution in [0.2, 0.25) is 0 Å². The Kier molecular flexibility index (Phi) is 4.62. The molecule has 5 rings (SSSR count). The Morgan fingerprint density at radius 3 is 2.71 bits per heavy atom. The number of nitrogens with one attached hydrogen (secondary N) is 2. The van der Waals surface area contributed by atoms with Crippen molar-refractivity contribution in [3.05, 3.63) is 77.1 Å². The molecular formula is C22H17FN6O2. The first kappa shape index (κ1) is 18.9. The number of halogens is 1. The average Bonchev–Trinajstić information content (AvgIpc) is 3.54. The van der Waals surface area contributed by atoms with E-state index in [2.05, 4.69) is 25.6 Å². The van der Waals surface area contributed by atoms with Crippen LogP contribution in [-0.2, 0) is 4.79 Å². The first-order valence-corrected chi connectivity index (χ1v) is 9.76. The van der Waals surface area contributed by atoms with Crippen LogP contribution in [0.5, 0.6) is 0 Å². The normalized spacial score (nSPS) is 13.2. The van der Waals surface area contributed by atoms with Gasteiger partial charge < -0.3 is 5.32 Å². The summed E-state index contributed by atoms with van der Waals surface area (Å²) in [5.41, 5.74) is 1.71. The van der Waals surface area contributed by atoms with Crippen LogP contribution in [0, 0.1) is 11.7 Å². The van der Waals surface area contributed by atoms with Crippen LogP contribution < -0.4 is 10.9 Å². The van der Waals surface area contributed by atoms with Gasteiger partial charge >= 0.3 is 0 Å². The lowest BCUT2D eigenvalue weighted by Crippen LogP contribution is -2.14. The monoisotopic (exact) mass is 416 g/mol. The van der Waals surface area contributed by atoms with E-state index in [4.69, 9.17) is 0 Å². The third-order valence-electron chi connectivity index (χ3n) is 5.01. The van der Waals surface area contributed by atoms with Crippen LogP contribution in [0.4, 0.5) is 10.2 Å². The molecule has 3 aromatic heterocycles. The first-order valence-electron chi connectivity index (χ1n) is 9.76. The number of nitrogens with zero attached hydrogens (tertiary/aromatic N) is 4. The van der Waals surface area contributed by atoms with Crippen molar-refractivity contribution in [2.45, 2.75) is 12.8 Å². The number of aromatic nitrogens is 5. The van der Waals surface area contributed by atoms with Crippen LogP contribution in [0.25, 0.3) is 28.2 Å². The van der Waals surface area contributed by atoms with Crippen molar-refractivity contribution in [1.82, 2.24) is 25.0 Å². The van der Waals surface area contributed by atoms with Gasteiger partial charge in [0.2, 0.25) is 5.91 Å². The van der Waals surface area contributed by atoms with Gasteiger partial charge in [0, 0.05) is 35.5 Å². The molecule has 1 aliphatic rings. The van der Waals surface area contributed by atoms with Gasteiger partial charge in [-0.1, -0.05) is 12.1 Å². The van der Waals surface area contributed by atoms with Gasteiger partial charge in [-0.25, -0.2) is 19.2 Å². The standard InChI is InChI=1S/C22H17FN6O2/c23-17-4-2-1-3-15(17)21-16(12-29(28-21)19-7-8-20(30)27-26-19)14-9-10-24-18(11-14)25-22(31)13-5-6-13/h1-4,7-13H,5-6H2,(H,27,30)(H,24,25,31). The van der Waals surface area contributed by atoms with E-state index < -0.39 is 5.82 Å². The fourth-order valence-corrected chi connectivity index (χ4v) is 3.26. The number of amides is 1. The molecule has 8 nitrogen and oxygen atoms in total. The van der Waals surface area contributed by atoms with Crippen LogP contribution in [-0.4, -0.2) is 30.9 Å². The summed E-state index contributed by atoms with van der Waals surface area (Å²) in [7, 11) is 0. The number of benzene rings is 1. The Morgan fingerprint density at radius 1 is 1.13 bits per heavy atom. The van der Waals surface area contributed by atoms with E-state index in [-0.39, 0.29) is 17.4 Å². The van der Waals surface area contributed by atoms with Gasteiger partial charge in [-0.15, -0.1) is 0 Å². The molecule has 0 radical (unpaired) electrons. The number of hydrogen-bond donors (Lipinski definition) is 2.